The minimum absolute atomic E-state index is 0.00214. The lowest BCUT2D eigenvalue weighted by Crippen LogP contribution is -2.36. The molecule has 1 aromatic heterocycles. The van der Waals surface area contributed by atoms with Crippen molar-refractivity contribution in [2.24, 2.45) is 0 Å². The van der Waals surface area contributed by atoms with Gasteiger partial charge in [-0.3, -0.25) is 23.2 Å². The number of anilines is 1. The van der Waals surface area contributed by atoms with Crippen molar-refractivity contribution in [1.82, 2.24) is 9.55 Å². The Hall–Kier alpha value is -3.58. The van der Waals surface area contributed by atoms with Gasteiger partial charge in [-0.2, -0.15) is 9.29 Å². The number of rotatable bonds is 41. The van der Waals surface area contributed by atoms with Gasteiger partial charge in [-0.1, -0.05) is 139 Å². The monoisotopic (exact) mass is 1040 g/mol. The third kappa shape index (κ3) is 30.9. The van der Waals surface area contributed by atoms with Crippen LogP contribution >= 0.6 is 15.6 Å². The number of aliphatic hydroxyl groups is 3. The van der Waals surface area contributed by atoms with Crippen molar-refractivity contribution < 1.29 is 71.4 Å². The lowest BCUT2D eigenvalue weighted by atomic mass is 10.1. The first-order valence-electron chi connectivity index (χ1n) is 25.4. The van der Waals surface area contributed by atoms with Gasteiger partial charge < -0.3 is 45.1 Å². The first kappa shape index (κ1) is 63.5. The van der Waals surface area contributed by atoms with E-state index in [0.717, 1.165) is 68.6 Å². The molecule has 1 saturated heterocycles. The van der Waals surface area contributed by atoms with Crippen LogP contribution in [0.5, 0.6) is 0 Å². The minimum atomic E-state index is -5.47. The fourth-order valence-corrected chi connectivity index (χ4v) is 9.29. The highest BCUT2D eigenvalue weighted by Gasteiger charge is 2.46. The maximum Gasteiger partial charge on any atom is 0.481 e. The number of hydrogen-bond acceptors (Lipinski definition) is 16. The van der Waals surface area contributed by atoms with Gasteiger partial charge in [0.25, 0.3) is 0 Å². The highest BCUT2D eigenvalue weighted by atomic mass is 31.3. The summed E-state index contributed by atoms with van der Waals surface area (Å²) in [4.78, 5) is 61.9. The summed E-state index contributed by atoms with van der Waals surface area (Å²) in [7, 11) is -10.9. The summed E-state index contributed by atoms with van der Waals surface area (Å²) in [5, 5.41) is 31.2. The van der Waals surface area contributed by atoms with Crippen molar-refractivity contribution in [2.75, 3.05) is 25.6 Å². The average Bonchev–Trinajstić information content (AvgIpc) is 3.60. The number of aromatic nitrogens is 2. The SMILES string of the molecule is CCCCC/C=C\C/C=C\C/C=C\C=C\[C@@H](O)CCCC(=O)OC[C@H](COP(=O)(O)OP(=O)(O)OC[C@H]1O[C@@H](n2ccc(N)nc2=O)[C@H](O)[C@@H]1O)OC(=O)CCCCCCC/C=C\CCCCCCCC. The fraction of sp³-hybridized carbons (Fsp3) is 0.680. The molecule has 7 N–H and O–H groups in total. The van der Waals surface area contributed by atoms with E-state index in [9.17, 15) is 48.6 Å². The number of ether oxygens (including phenoxy) is 3. The van der Waals surface area contributed by atoms with Crippen molar-refractivity contribution in [3.63, 3.8) is 0 Å². The maximum atomic E-state index is 12.9. The molecule has 0 bridgehead atoms. The van der Waals surface area contributed by atoms with Crippen molar-refractivity contribution in [3.05, 3.63) is 83.5 Å². The molecule has 1 fully saturated rings. The zero-order chi connectivity index (χ0) is 52.2. The molecule has 2 heterocycles. The van der Waals surface area contributed by atoms with Gasteiger partial charge in [0.2, 0.25) is 0 Å². The summed E-state index contributed by atoms with van der Waals surface area (Å²) in [6.45, 7) is 1.92. The number of nitrogen functional groups attached to an aromatic ring is 1. The first-order chi connectivity index (χ1) is 34.1. The Morgan fingerprint density at radius 2 is 1.31 bits per heavy atom. The maximum absolute atomic E-state index is 12.9. The summed E-state index contributed by atoms with van der Waals surface area (Å²) < 4.78 is 56.6. The molecule has 21 heteroatoms. The number of esters is 2. The van der Waals surface area contributed by atoms with Crippen LogP contribution in [-0.4, -0.2) is 96.9 Å². The molecule has 1 aliphatic heterocycles. The molecule has 8 atom stereocenters. The van der Waals surface area contributed by atoms with E-state index in [-0.39, 0.29) is 31.5 Å². The molecule has 1 aromatic rings. The minimum Gasteiger partial charge on any atom is -0.462 e. The molecule has 2 rings (SSSR count). The van der Waals surface area contributed by atoms with Gasteiger partial charge in [-0.15, -0.1) is 0 Å². The van der Waals surface area contributed by atoms with Crippen LogP contribution < -0.4 is 11.4 Å². The number of nitrogens with zero attached hydrogens (tertiary/aromatic N) is 2. The number of phosphoric ester groups is 2. The molecule has 2 unspecified atom stereocenters. The van der Waals surface area contributed by atoms with Crippen LogP contribution in [0.15, 0.2) is 77.8 Å². The smallest absolute Gasteiger partial charge is 0.462 e. The Labute approximate surface area is 420 Å². The Morgan fingerprint density at radius 1 is 0.746 bits per heavy atom. The molecular formula is C50H83N3O16P2. The molecular weight excluding hydrogens is 961 g/mol. The largest absolute Gasteiger partial charge is 0.481 e. The predicted octanol–water partition coefficient (Wildman–Crippen LogP) is 9.30. The molecule has 0 amide bonds. The molecule has 404 valence electrons. The van der Waals surface area contributed by atoms with Crippen LogP contribution in [0.2, 0.25) is 0 Å². The van der Waals surface area contributed by atoms with Gasteiger partial charge in [-0.05, 0) is 76.7 Å². The number of aliphatic hydroxyl groups excluding tert-OH is 3. The Morgan fingerprint density at radius 3 is 1.99 bits per heavy atom. The number of carbonyl (C=O) groups is 2. The van der Waals surface area contributed by atoms with E-state index in [1.54, 1.807) is 12.2 Å². The Kier molecular flexibility index (Phi) is 34.1. The fourth-order valence-electron chi connectivity index (χ4n) is 7.17. The summed E-state index contributed by atoms with van der Waals surface area (Å²) in [6, 6.07) is 1.24. The number of phosphoric acid groups is 2. The van der Waals surface area contributed by atoms with Crippen LogP contribution in [0.3, 0.4) is 0 Å². The summed E-state index contributed by atoms with van der Waals surface area (Å²) in [5.74, 6) is -1.52. The molecule has 1 aliphatic rings. The van der Waals surface area contributed by atoms with Crippen molar-refractivity contribution in [3.8, 4) is 0 Å². The van der Waals surface area contributed by atoms with E-state index in [4.69, 9.17) is 29.0 Å². The van der Waals surface area contributed by atoms with E-state index in [1.807, 2.05) is 12.2 Å². The van der Waals surface area contributed by atoms with Gasteiger partial charge in [0, 0.05) is 19.0 Å². The van der Waals surface area contributed by atoms with Crippen LogP contribution in [0, 0.1) is 0 Å². The Balaban J connectivity index is 1.86. The first-order valence-corrected chi connectivity index (χ1v) is 28.4. The number of unbranched alkanes of at least 4 members (excludes halogenated alkanes) is 14. The number of carbonyl (C=O) groups excluding carboxylic acids is 2. The van der Waals surface area contributed by atoms with Crippen molar-refractivity contribution in [1.29, 1.82) is 0 Å². The molecule has 0 spiro atoms. The van der Waals surface area contributed by atoms with E-state index < -0.39 is 89.8 Å². The molecule has 0 aliphatic carbocycles. The van der Waals surface area contributed by atoms with E-state index in [2.05, 4.69) is 59.6 Å². The molecule has 0 aromatic carbocycles. The second-order valence-electron chi connectivity index (χ2n) is 17.5. The molecule has 0 saturated carbocycles. The lowest BCUT2D eigenvalue weighted by Gasteiger charge is -2.21. The van der Waals surface area contributed by atoms with Crippen LogP contribution in [-0.2, 0) is 46.3 Å². The second kappa shape index (κ2) is 38.1. The number of allylic oxidation sites excluding steroid dienone is 9. The van der Waals surface area contributed by atoms with E-state index in [1.165, 1.54) is 63.9 Å². The summed E-state index contributed by atoms with van der Waals surface area (Å²) >= 11 is 0. The van der Waals surface area contributed by atoms with Crippen molar-refractivity contribution >= 4 is 33.4 Å². The van der Waals surface area contributed by atoms with Crippen molar-refractivity contribution in [2.45, 2.75) is 198 Å². The average molecular weight is 1040 g/mol. The zero-order valence-corrected chi connectivity index (χ0v) is 43.7. The van der Waals surface area contributed by atoms with Gasteiger partial charge in [0.05, 0.1) is 19.3 Å². The Bertz CT molecular complexity index is 1940. The topological polar surface area (TPSA) is 286 Å². The summed E-state index contributed by atoms with van der Waals surface area (Å²) in [6.07, 6.45) is 33.3. The van der Waals surface area contributed by atoms with Gasteiger partial charge in [-0.25, -0.2) is 13.9 Å². The third-order valence-electron chi connectivity index (χ3n) is 11.2. The zero-order valence-electron chi connectivity index (χ0n) is 41.9. The van der Waals surface area contributed by atoms with Gasteiger partial charge in [0.15, 0.2) is 12.3 Å². The molecule has 71 heavy (non-hydrogen) atoms. The predicted molar refractivity (Wildman–Crippen MR) is 272 cm³/mol. The lowest BCUT2D eigenvalue weighted by molar-refractivity contribution is -0.161. The van der Waals surface area contributed by atoms with Crippen LogP contribution in [0.25, 0.3) is 0 Å². The molecule has 0 radical (unpaired) electrons. The van der Waals surface area contributed by atoms with Gasteiger partial charge >= 0.3 is 33.3 Å². The normalized spacial score (nSPS) is 20.1. The quantitative estimate of drug-likeness (QED) is 0.0117. The standard InChI is InChI=1S/C50H83N3O16P2/c1-3-5-7-9-11-13-15-17-18-20-22-24-26-28-30-34-46(56)67-42(38-64-45(55)35-31-33-41(54)32-29-27-25-23-21-19-16-14-12-10-8-6-4-2)39-65-70(60,61)69-71(62,63)66-40-43-47(57)48(58)49(68-43)53-37-36-44(51)52-50(53)59/h12,14,17-19,21,25,27,29,32,36-37,41-43,47-49,54,57-58H,3-11,13,15-16,20,22-24,26,28,30-31,33-35,38-40H2,1-2H3,(H,60,61)(H,62,63)(H2,51,52,59)/b14-12-,18-17-,21-19-,27-25-,32-29+/t41-,42-,43-,47-,48-,49-/m1/s1. The number of hydrogen-bond donors (Lipinski definition) is 6. The van der Waals surface area contributed by atoms with E-state index >= 15 is 0 Å². The highest BCUT2D eigenvalue weighted by molar-refractivity contribution is 7.61. The molecule has 19 nitrogen and oxygen atoms in total. The van der Waals surface area contributed by atoms with Gasteiger partial charge in [0.1, 0.15) is 30.7 Å². The van der Waals surface area contributed by atoms with Crippen LogP contribution in [0.1, 0.15) is 168 Å². The second-order valence-corrected chi connectivity index (χ2v) is 20.6. The highest BCUT2D eigenvalue weighted by Crippen LogP contribution is 2.60. The van der Waals surface area contributed by atoms with Crippen LogP contribution in [0.4, 0.5) is 5.82 Å². The van der Waals surface area contributed by atoms with E-state index in [0.29, 0.717) is 6.42 Å². The third-order valence-corrected chi connectivity index (χ3v) is 13.8. The number of nitrogens with two attached hydrogens (primary N) is 1. The summed E-state index contributed by atoms with van der Waals surface area (Å²) in [5.41, 5.74) is 4.57.